The van der Waals surface area contributed by atoms with Crippen molar-refractivity contribution in [1.82, 2.24) is 20.2 Å². The molecule has 0 bridgehead atoms. The quantitative estimate of drug-likeness (QED) is 0.848. The normalized spacial score (nSPS) is 12.7. The number of hydrogen-bond donors (Lipinski definition) is 2. The maximum Gasteiger partial charge on any atom is 0.214 e. The van der Waals surface area contributed by atoms with Crippen LogP contribution in [-0.4, -0.2) is 25.3 Å². The largest absolute Gasteiger partial charge is 0.389 e. The Kier molecular flexibility index (Phi) is 3.21. The van der Waals surface area contributed by atoms with Crippen LogP contribution in [0.1, 0.15) is 24.4 Å². The molecule has 0 aliphatic carbocycles. The minimum Gasteiger partial charge on any atom is -0.389 e. The lowest BCUT2D eigenvalue weighted by atomic mass is 10.2. The molecule has 5 nitrogen and oxygen atoms in total. The Hall–Kier alpha value is -1.40. The number of aromatic amines is 1. The molecule has 1 unspecified atom stereocenters. The van der Waals surface area contributed by atoms with Crippen LogP contribution >= 0.6 is 11.8 Å². The average Bonchev–Trinajstić information content (AvgIpc) is 2.64. The molecular weight excluding hydrogens is 224 g/mol. The van der Waals surface area contributed by atoms with Crippen molar-refractivity contribution in [2.45, 2.75) is 30.1 Å². The number of aryl methyl sites for hydroxylation is 1. The molecule has 2 heterocycles. The van der Waals surface area contributed by atoms with E-state index >= 15 is 0 Å². The van der Waals surface area contributed by atoms with E-state index in [1.807, 2.05) is 13.0 Å². The molecule has 0 aliphatic rings. The van der Waals surface area contributed by atoms with Gasteiger partial charge in [0.1, 0.15) is 10.9 Å². The smallest absolute Gasteiger partial charge is 0.214 e. The molecule has 0 saturated carbocycles. The summed E-state index contributed by atoms with van der Waals surface area (Å²) in [6, 6.07) is 3.62. The predicted octanol–water partition coefficient (Wildman–Crippen LogP) is 1.71. The molecule has 1 atom stereocenters. The van der Waals surface area contributed by atoms with Crippen molar-refractivity contribution in [3.05, 3.63) is 29.7 Å². The molecule has 0 saturated heterocycles. The minimum absolute atomic E-state index is 0.490. The van der Waals surface area contributed by atoms with Crippen LogP contribution < -0.4 is 0 Å². The zero-order valence-corrected chi connectivity index (χ0v) is 9.82. The van der Waals surface area contributed by atoms with Gasteiger partial charge in [-0.05, 0) is 43.3 Å². The SMILES string of the molecule is Cc1nc(Sc2cc(C(C)O)ccn2)n[nH]1. The minimum atomic E-state index is -0.490. The van der Waals surface area contributed by atoms with Gasteiger partial charge in [-0.1, -0.05) is 0 Å². The van der Waals surface area contributed by atoms with Gasteiger partial charge in [-0.25, -0.2) is 9.97 Å². The Morgan fingerprint density at radius 1 is 1.50 bits per heavy atom. The van der Waals surface area contributed by atoms with Gasteiger partial charge in [0.2, 0.25) is 5.16 Å². The maximum atomic E-state index is 9.44. The molecule has 2 rings (SSSR count). The summed E-state index contributed by atoms with van der Waals surface area (Å²) in [4.78, 5) is 8.36. The monoisotopic (exact) mass is 236 g/mol. The third-order valence-electron chi connectivity index (χ3n) is 2.01. The predicted molar refractivity (Wildman–Crippen MR) is 60.1 cm³/mol. The number of pyridine rings is 1. The van der Waals surface area contributed by atoms with Crippen LogP contribution in [0.25, 0.3) is 0 Å². The molecular formula is C10H12N4OS. The van der Waals surface area contributed by atoms with Crippen molar-refractivity contribution in [1.29, 1.82) is 0 Å². The maximum absolute atomic E-state index is 9.44. The molecule has 6 heteroatoms. The second kappa shape index (κ2) is 4.63. The molecule has 84 valence electrons. The summed E-state index contributed by atoms with van der Waals surface area (Å²) in [5.74, 6) is 0.772. The topological polar surface area (TPSA) is 74.7 Å². The molecule has 16 heavy (non-hydrogen) atoms. The van der Waals surface area contributed by atoms with E-state index in [2.05, 4.69) is 20.2 Å². The highest BCUT2D eigenvalue weighted by Gasteiger charge is 2.06. The Balaban J connectivity index is 2.18. The van der Waals surface area contributed by atoms with Gasteiger partial charge in [0, 0.05) is 6.20 Å². The number of aliphatic hydroxyl groups is 1. The molecule has 0 amide bonds. The highest BCUT2D eigenvalue weighted by molar-refractivity contribution is 7.99. The molecule has 0 fully saturated rings. The second-order valence-corrected chi connectivity index (χ2v) is 4.40. The molecule has 0 radical (unpaired) electrons. The van der Waals surface area contributed by atoms with Crippen LogP contribution in [0, 0.1) is 6.92 Å². The number of nitrogens with zero attached hydrogens (tertiary/aromatic N) is 3. The van der Waals surface area contributed by atoms with Crippen LogP contribution in [0.4, 0.5) is 0 Å². The number of nitrogens with one attached hydrogen (secondary N) is 1. The summed E-state index contributed by atoms with van der Waals surface area (Å²) >= 11 is 1.36. The summed E-state index contributed by atoms with van der Waals surface area (Å²) in [7, 11) is 0. The lowest BCUT2D eigenvalue weighted by molar-refractivity contribution is 0.199. The fourth-order valence-electron chi connectivity index (χ4n) is 1.20. The summed E-state index contributed by atoms with van der Waals surface area (Å²) in [6.45, 7) is 3.57. The summed E-state index contributed by atoms with van der Waals surface area (Å²) in [5.41, 5.74) is 0.838. The van der Waals surface area contributed by atoms with Crippen LogP contribution in [0.3, 0.4) is 0 Å². The number of hydrogen-bond acceptors (Lipinski definition) is 5. The van der Waals surface area contributed by atoms with Gasteiger partial charge in [-0.2, -0.15) is 0 Å². The lowest BCUT2D eigenvalue weighted by Gasteiger charge is -2.04. The highest BCUT2D eigenvalue weighted by Crippen LogP contribution is 2.24. The molecule has 0 aliphatic heterocycles. The molecule has 2 N–H and O–H groups in total. The van der Waals surface area contributed by atoms with Gasteiger partial charge in [-0.15, -0.1) is 5.10 Å². The van der Waals surface area contributed by atoms with E-state index in [1.165, 1.54) is 11.8 Å². The fourth-order valence-corrected chi connectivity index (χ4v) is 1.97. The first-order chi connectivity index (χ1) is 7.65. The number of aromatic nitrogens is 4. The first-order valence-corrected chi connectivity index (χ1v) is 5.67. The fraction of sp³-hybridized carbons (Fsp3) is 0.300. The molecule has 0 spiro atoms. The van der Waals surface area contributed by atoms with Crippen molar-refractivity contribution < 1.29 is 5.11 Å². The van der Waals surface area contributed by atoms with Gasteiger partial charge in [-0.3, -0.25) is 5.10 Å². The summed E-state index contributed by atoms with van der Waals surface area (Å²) < 4.78 is 0. The van der Waals surface area contributed by atoms with Crippen LogP contribution in [0.15, 0.2) is 28.5 Å². The molecule has 2 aromatic rings. The van der Waals surface area contributed by atoms with Crippen molar-refractivity contribution in [3.8, 4) is 0 Å². The number of aliphatic hydroxyl groups excluding tert-OH is 1. The number of H-pyrrole nitrogens is 1. The van der Waals surface area contributed by atoms with E-state index in [-0.39, 0.29) is 0 Å². The van der Waals surface area contributed by atoms with Crippen molar-refractivity contribution in [2.24, 2.45) is 0 Å². The van der Waals surface area contributed by atoms with E-state index in [0.29, 0.717) is 5.16 Å². The van der Waals surface area contributed by atoms with Gasteiger partial charge in [0.05, 0.1) is 6.10 Å². The van der Waals surface area contributed by atoms with Crippen LogP contribution in [-0.2, 0) is 0 Å². The van der Waals surface area contributed by atoms with Crippen molar-refractivity contribution in [3.63, 3.8) is 0 Å². The highest BCUT2D eigenvalue weighted by atomic mass is 32.2. The second-order valence-electron chi connectivity index (χ2n) is 3.41. The van der Waals surface area contributed by atoms with Crippen molar-refractivity contribution >= 4 is 11.8 Å². The summed E-state index contributed by atoms with van der Waals surface area (Å²) in [5, 5.41) is 17.6. The van der Waals surface area contributed by atoms with E-state index in [9.17, 15) is 5.11 Å². The Labute approximate surface area is 97.3 Å². The summed E-state index contributed by atoms with van der Waals surface area (Å²) in [6.07, 6.45) is 1.18. The number of rotatable bonds is 3. The molecule has 0 aromatic carbocycles. The Morgan fingerprint density at radius 2 is 2.31 bits per heavy atom. The van der Waals surface area contributed by atoms with Gasteiger partial charge < -0.3 is 5.11 Å². The van der Waals surface area contributed by atoms with E-state index in [0.717, 1.165) is 16.4 Å². The first kappa shape index (κ1) is 11.1. The third-order valence-corrected chi connectivity index (χ3v) is 2.81. The van der Waals surface area contributed by atoms with E-state index in [4.69, 9.17) is 0 Å². The Morgan fingerprint density at radius 3 is 2.94 bits per heavy atom. The standard InChI is InChI=1S/C10H12N4OS/c1-6(15)8-3-4-11-9(5-8)16-10-12-7(2)13-14-10/h3-6,15H,1-2H3,(H,12,13,14). The first-order valence-electron chi connectivity index (χ1n) is 4.86. The van der Waals surface area contributed by atoms with Crippen molar-refractivity contribution in [2.75, 3.05) is 0 Å². The van der Waals surface area contributed by atoms with E-state index < -0.39 is 6.10 Å². The van der Waals surface area contributed by atoms with Gasteiger partial charge >= 0.3 is 0 Å². The van der Waals surface area contributed by atoms with Crippen LogP contribution in [0.2, 0.25) is 0 Å². The zero-order chi connectivity index (χ0) is 11.5. The zero-order valence-electron chi connectivity index (χ0n) is 9.01. The third kappa shape index (κ3) is 2.59. The van der Waals surface area contributed by atoms with Gasteiger partial charge in [0.15, 0.2) is 0 Å². The van der Waals surface area contributed by atoms with E-state index in [1.54, 1.807) is 19.2 Å². The van der Waals surface area contributed by atoms with Gasteiger partial charge in [0.25, 0.3) is 0 Å². The van der Waals surface area contributed by atoms with Crippen LogP contribution in [0.5, 0.6) is 0 Å². The Bertz CT molecular complexity index is 483. The lowest BCUT2D eigenvalue weighted by Crippen LogP contribution is -1.92. The average molecular weight is 236 g/mol. The molecule has 2 aromatic heterocycles.